The van der Waals surface area contributed by atoms with Crippen LogP contribution in [0.25, 0.3) is 0 Å². The molecule has 0 aliphatic carbocycles. The molecule has 0 aromatic heterocycles. The van der Waals surface area contributed by atoms with Gasteiger partial charge in [-0.25, -0.2) is 17.6 Å². The number of hydrogen-bond acceptors (Lipinski definition) is 3. The highest BCUT2D eigenvalue weighted by Crippen LogP contribution is 2.26. The molecule has 0 heterocycles. The zero-order valence-electron chi connectivity index (χ0n) is 9.66. The van der Waals surface area contributed by atoms with Crippen LogP contribution in [0.1, 0.15) is 0 Å². The number of nitrogens with one attached hydrogen (secondary N) is 1. The van der Waals surface area contributed by atoms with E-state index in [0.717, 1.165) is 12.1 Å². The minimum atomic E-state index is -1.38. The molecule has 2 aromatic rings. The second-order valence-corrected chi connectivity index (χ2v) is 3.83. The number of nitrogens with zero attached hydrogens (tertiary/aromatic N) is 1. The molecule has 0 aliphatic rings. The van der Waals surface area contributed by atoms with E-state index in [1.54, 1.807) is 0 Å². The molecule has 0 saturated heterocycles. The fourth-order valence-corrected chi connectivity index (χ4v) is 1.53. The first-order chi connectivity index (χ1) is 9.36. The van der Waals surface area contributed by atoms with E-state index in [1.807, 2.05) is 0 Å². The van der Waals surface area contributed by atoms with Crippen molar-refractivity contribution in [2.24, 2.45) is 0 Å². The van der Waals surface area contributed by atoms with Crippen LogP contribution in [0, 0.1) is 33.4 Å². The summed E-state index contributed by atoms with van der Waals surface area (Å²) in [6, 6.07) is 3.30. The minimum absolute atomic E-state index is 0.165. The van der Waals surface area contributed by atoms with Crippen LogP contribution in [0.15, 0.2) is 30.3 Å². The number of nitro groups is 1. The Morgan fingerprint density at radius 2 is 1.55 bits per heavy atom. The van der Waals surface area contributed by atoms with E-state index in [1.165, 1.54) is 0 Å². The monoisotopic (exact) mass is 286 g/mol. The summed E-state index contributed by atoms with van der Waals surface area (Å²) in [7, 11) is 0. The van der Waals surface area contributed by atoms with E-state index in [9.17, 15) is 27.7 Å². The van der Waals surface area contributed by atoms with Crippen molar-refractivity contribution < 1.29 is 22.5 Å². The first-order valence-electron chi connectivity index (χ1n) is 5.23. The zero-order chi connectivity index (χ0) is 14.9. The van der Waals surface area contributed by atoms with Crippen LogP contribution in [0.4, 0.5) is 34.6 Å². The van der Waals surface area contributed by atoms with Crippen LogP contribution < -0.4 is 5.32 Å². The molecule has 2 aromatic carbocycles. The Kier molecular flexibility index (Phi) is 3.55. The van der Waals surface area contributed by atoms with Crippen molar-refractivity contribution in [2.45, 2.75) is 0 Å². The summed E-state index contributed by atoms with van der Waals surface area (Å²) in [4.78, 5) is 9.71. The van der Waals surface area contributed by atoms with Gasteiger partial charge in [-0.05, 0) is 6.07 Å². The summed E-state index contributed by atoms with van der Waals surface area (Å²) >= 11 is 0. The van der Waals surface area contributed by atoms with Gasteiger partial charge in [-0.15, -0.1) is 0 Å². The molecule has 0 atom stereocenters. The Balaban J connectivity index is 2.40. The Labute approximate surface area is 109 Å². The minimum Gasteiger partial charge on any atom is -0.353 e. The summed E-state index contributed by atoms with van der Waals surface area (Å²) < 4.78 is 52.3. The van der Waals surface area contributed by atoms with E-state index in [2.05, 4.69) is 5.32 Å². The van der Waals surface area contributed by atoms with Gasteiger partial charge in [-0.3, -0.25) is 10.1 Å². The Morgan fingerprint density at radius 1 is 0.900 bits per heavy atom. The molecule has 0 unspecified atom stereocenters. The summed E-state index contributed by atoms with van der Waals surface area (Å²) in [5.74, 6) is -4.72. The lowest BCUT2D eigenvalue weighted by Gasteiger charge is -2.08. The molecule has 0 bridgehead atoms. The first-order valence-corrected chi connectivity index (χ1v) is 5.23. The molecule has 4 nitrogen and oxygen atoms in total. The third kappa shape index (κ3) is 2.85. The molecule has 2 rings (SSSR count). The van der Waals surface area contributed by atoms with Crippen molar-refractivity contribution in [3.8, 4) is 0 Å². The number of halogens is 4. The SMILES string of the molecule is O=[N+]([O-])c1cc(F)cc(Nc2cc(F)c(F)cc2F)c1. The van der Waals surface area contributed by atoms with E-state index >= 15 is 0 Å². The Morgan fingerprint density at radius 3 is 2.20 bits per heavy atom. The van der Waals surface area contributed by atoms with Crippen molar-refractivity contribution >= 4 is 17.1 Å². The molecule has 0 radical (unpaired) electrons. The van der Waals surface area contributed by atoms with Gasteiger partial charge in [0, 0.05) is 23.9 Å². The molecule has 8 heteroatoms. The molecule has 0 aliphatic heterocycles. The maximum Gasteiger partial charge on any atom is 0.274 e. The van der Waals surface area contributed by atoms with Gasteiger partial charge in [0.05, 0.1) is 16.7 Å². The summed E-state index contributed by atoms with van der Waals surface area (Å²) in [5, 5.41) is 12.8. The second kappa shape index (κ2) is 5.16. The number of anilines is 2. The van der Waals surface area contributed by atoms with E-state index in [0.29, 0.717) is 18.2 Å². The molecular weight excluding hydrogens is 280 g/mol. The average Bonchev–Trinajstić information content (AvgIpc) is 2.35. The summed E-state index contributed by atoms with van der Waals surface area (Å²) in [5.41, 5.74) is -1.19. The number of non-ortho nitro benzene ring substituents is 1. The average molecular weight is 286 g/mol. The van der Waals surface area contributed by atoms with Crippen molar-refractivity contribution in [3.63, 3.8) is 0 Å². The third-order valence-corrected chi connectivity index (χ3v) is 2.38. The van der Waals surface area contributed by atoms with E-state index < -0.39 is 39.6 Å². The van der Waals surface area contributed by atoms with Crippen LogP contribution in [0.3, 0.4) is 0 Å². The smallest absolute Gasteiger partial charge is 0.274 e. The van der Waals surface area contributed by atoms with Crippen molar-refractivity contribution in [3.05, 3.63) is 63.7 Å². The number of rotatable bonds is 3. The van der Waals surface area contributed by atoms with Crippen molar-refractivity contribution in [1.29, 1.82) is 0 Å². The van der Waals surface area contributed by atoms with Crippen LogP contribution in [0.5, 0.6) is 0 Å². The van der Waals surface area contributed by atoms with Gasteiger partial charge in [-0.2, -0.15) is 0 Å². The number of nitro benzene ring substituents is 1. The van der Waals surface area contributed by atoms with Gasteiger partial charge in [-0.1, -0.05) is 0 Å². The summed E-state index contributed by atoms with van der Waals surface area (Å²) in [6.07, 6.45) is 0. The largest absolute Gasteiger partial charge is 0.353 e. The molecule has 1 N–H and O–H groups in total. The lowest BCUT2D eigenvalue weighted by Crippen LogP contribution is -1.99. The zero-order valence-corrected chi connectivity index (χ0v) is 9.66. The molecule has 0 amide bonds. The Bertz CT molecular complexity index is 691. The van der Waals surface area contributed by atoms with Crippen LogP contribution in [-0.4, -0.2) is 4.92 Å². The van der Waals surface area contributed by atoms with Crippen molar-refractivity contribution in [1.82, 2.24) is 0 Å². The fraction of sp³-hybridized carbons (Fsp3) is 0. The summed E-state index contributed by atoms with van der Waals surface area (Å²) in [6.45, 7) is 0. The van der Waals surface area contributed by atoms with Gasteiger partial charge < -0.3 is 5.32 Å². The maximum atomic E-state index is 13.4. The number of hydrogen-bond donors (Lipinski definition) is 1. The van der Waals surface area contributed by atoms with Gasteiger partial charge in [0.2, 0.25) is 0 Å². The quantitative estimate of drug-likeness (QED) is 0.403. The van der Waals surface area contributed by atoms with Crippen molar-refractivity contribution in [2.75, 3.05) is 5.32 Å². The van der Waals surface area contributed by atoms with Crippen LogP contribution in [-0.2, 0) is 0 Å². The van der Waals surface area contributed by atoms with Crippen LogP contribution >= 0.6 is 0 Å². The molecule has 0 spiro atoms. The Hall–Kier alpha value is -2.64. The highest BCUT2D eigenvalue weighted by atomic mass is 19.2. The van der Waals surface area contributed by atoms with Gasteiger partial charge in [0.1, 0.15) is 11.6 Å². The molecule has 20 heavy (non-hydrogen) atoms. The topological polar surface area (TPSA) is 55.2 Å². The predicted molar refractivity (Wildman–Crippen MR) is 62.7 cm³/mol. The second-order valence-electron chi connectivity index (χ2n) is 3.83. The normalized spacial score (nSPS) is 10.4. The molecular formula is C12H6F4N2O2. The number of benzene rings is 2. The van der Waals surface area contributed by atoms with E-state index in [4.69, 9.17) is 0 Å². The lowest BCUT2D eigenvalue weighted by atomic mass is 10.2. The molecule has 104 valence electrons. The highest BCUT2D eigenvalue weighted by Gasteiger charge is 2.13. The fourth-order valence-electron chi connectivity index (χ4n) is 1.53. The predicted octanol–water partition coefficient (Wildman–Crippen LogP) is 3.89. The maximum absolute atomic E-state index is 13.4. The van der Waals surface area contributed by atoms with Crippen LogP contribution in [0.2, 0.25) is 0 Å². The highest BCUT2D eigenvalue weighted by molar-refractivity contribution is 5.63. The third-order valence-electron chi connectivity index (χ3n) is 2.38. The lowest BCUT2D eigenvalue weighted by molar-refractivity contribution is -0.385. The van der Waals surface area contributed by atoms with E-state index in [-0.39, 0.29) is 5.69 Å². The van der Waals surface area contributed by atoms with Gasteiger partial charge in [0.25, 0.3) is 5.69 Å². The molecule has 0 fully saturated rings. The first kappa shape index (κ1) is 13.8. The van der Waals surface area contributed by atoms with Gasteiger partial charge >= 0.3 is 0 Å². The molecule has 0 saturated carbocycles. The standard InChI is InChI=1S/C12H6F4N2O2/c13-6-1-7(3-8(2-6)18(19)20)17-12-5-10(15)9(14)4-11(12)16/h1-5,17H. The van der Waals surface area contributed by atoms with Gasteiger partial charge in [0.15, 0.2) is 11.6 Å².